The Morgan fingerprint density at radius 1 is 1.25 bits per heavy atom. The molecule has 0 aliphatic carbocycles. The normalized spacial score (nSPS) is 10.8. The van der Waals surface area contributed by atoms with Crippen LogP contribution in [0.4, 0.5) is 0 Å². The molecule has 0 fully saturated rings. The molecular formula is C19H17Cl3N4O2. The fourth-order valence-electron chi connectivity index (χ4n) is 2.67. The monoisotopic (exact) mass is 438 g/mol. The van der Waals surface area contributed by atoms with Gasteiger partial charge >= 0.3 is 0 Å². The Hall–Kier alpha value is -2.28. The number of benzene rings is 1. The lowest BCUT2D eigenvalue weighted by Crippen LogP contribution is -2.27. The predicted octanol–water partition coefficient (Wildman–Crippen LogP) is 5.15. The Labute approximate surface area is 177 Å². The minimum Gasteiger partial charge on any atom is -0.437 e. The highest BCUT2D eigenvalue weighted by atomic mass is 35.5. The van der Waals surface area contributed by atoms with Crippen LogP contribution in [-0.4, -0.2) is 32.6 Å². The van der Waals surface area contributed by atoms with Crippen LogP contribution < -0.4 is 4.74 Å². The fourth-order valence-corrected chi connectivity index (χ4v) is 3.35. The summed E-state index contributed by atoms with van der Waals surface area (Å²) < 4.78 is 7.35. The second-order valence-electron chi connectivity index (χ2n) is 6.17. The van der Waals surface area contributed by atoms with E-state index in [0.29, 0.717) is 33.1 Å². The third-order valence-electron chi connectivity index (χ3n) is 4.11. The van der Waals surface area contributed by atoms with Crippen molar-refractivity contribution in [1.82, 2.24) is 19.7 Å². The number of carbonyl (C=O) groups excluding carboxylic acids is 1. The van der Waals surface area contributed by atoms with Crippen LogP contribution in [0.2, 0.25) is 15.2 Å². The summed E-state index contributed by atoms with van der Waals surface area (Å²) in [6.45, 7) is 2.15. The fraction of sp³-hybridized carbons (Fsp3) is 0.211. The SMILES string of the molecule is Cc1nn(C)c(Cl)c1CN(C)C(=O)c1cccnc1Oc1ccc(Cl)cc1Cl. The van der Waals surface area contributed by atoms with Crippen molar-refractivity contribution in [3.05, 3.63) is 68.5 Å². The zero-order valence-electron chi connectivity index (χ0n) is 15.4. The smallest absolute Gasteiger partial charge is 0.259 e. The first kappa shape index (κ1) is 20.5. The average Bonchev–Trinajstić information content (AvgIpc) is 2.90. The number of rotatable bonds is 5. The molecule has 1 aromatic carbocycles. The van der Waals surface area contributed by atoms with E-state index >= 15 is 0 Å². The van der Waals surface area contributed by atoms with Crippen LogP contribution in [0, 0.1) is 6.92 Å². The molecule has 0 N–H and O–H groups in total. The molecule has 0 spiro atoms. The van der Waals surface area contributed by atoms with E-state index in [1.165, 1.54) is 11.1 Å². The molecule has 3 aromatic rings. The largest absolute Gasteiger partial charge is 0.437 e. The van der Waals surface area contributed by atoms with Gasteiger partial charge in [-0.05, 0) is 37.3 Å². The highest BCUT2D eigenvalue weighted by Gasteiger charge is 2.22. The number of nitrogens with zero attached hydrogens (tertiary/aromatic N) is 4. The van der Waals surface area contributed by atoms with E-state index in [-0.39, 0.29) is 11.8 Å². The maximum absolute atomic E-state index is 13.0. The number of aryl methyl sites for hydroxylation is 2. The van der Waals surface area contributed by atoms with Crippen molar-refractivity contribution in [2.75, 3.05) is 7.05 Å². The number of hydrogen-bond acceptors (Lipinski definition) is 4. The summed E-state index contributed by atoms with van der Waals surface area (Å²) in [6.07, 6.45) is 1.54. The summed E-state index contributed by atoms with van der Waals surface area (Å²) in [7, 11) is 3.43. The quantitative estimate of drug-likeness (QED) is 0.552. The van der Waals surface area contributed by atoms with Crippen LogP contribution in [0.3, 0.4) is 0 Å². The van der Waals surface area contributed by atoms with Crippen LogP contribution in [0.5, 0.6) is 11.6 Å². The number of pyridine rings is 1. The lowest BCUT2D eigenvalue weighted by Gasteiger charge is -2.19. The summed E-state index contributed by atoms with van der Waals surface area (Å²) in [6, 6.07) is 8.13. The highest BCUT2D eigenvalue weighted by molar-refractivity contribution is 6.35. The first-order valence-electron chi connectivity index (χ1n) is 8.29. The lowest BCUT2D eigenvalue weighted by molar-refractivity contribution is 0.0781. The maximum Gasteiger partial charge on any atom is 0.259 e. The van der Waals surface area contributed by atoms with Gasteiger partial charge in [0.05, 0.1) is 17.3 Å². The molecule has 1 amide bonds. The van der Waals surface area contributed by atoms with Gasteiger partial charge in [-0.25, -0.2) is 4.98 Å². The second kappa shape index (κ2) is 8.39. The molecule has 0 aliphatic rings. The molecule has 6 nitrogen and oxygen atoms in total. The number of aromatic nitrogens is 3. The first-order chi connectivity index (χ1) is 13.3. The van der Waals surface area contributed by atoms with Crippen LogP contribution >= 0.6 is 34.8 Å². The Bertz CT molecular complexity index is 1040. The predicted molar refractivity (Wildman–Crippen MR) is 110 cm³/mol. The topological polar surface area (TPSA) is 60.2 Å². The van der Waals surface area contributed by atoms with Crippen molar-refractivity contribution in [2.24, 2.45) is 7.05 Å². The zero-order valence-corrected chi connectivity index (χ0v) is 17.7. The molecule has 0 bridgehead atoms. The van der Waals surface area contributed by atoms with E-state index in [4.69, 9.17) is 39.5 Å². The van der Waals surface area contributed by atoms with Gasteiger partial charge in [0.2, 0.25) is 5.88 Å². The Kier molecular flexibility index (Phi) is 6.13. The van der Waals surface area contributed by atoms with Gasteiger partial charge in [0, 0.05) is 30.9 Å². The standard InChI is InChI=1S/C19H17Cl3N4O2/c1-11-14(17(22)26(3)24-11)10-25(2)19(27)13-5-4-8-23-18(13)28-16-7-6-12(20)9-15(16)21/h4-9H,10H2,1-3H3. The molecule has 2 aromatic heterocycles. The van der Waals surface area contributed by atoms with Gasteiger partial charge in [-0.15, -0.1) is 0 Å². The molecule has 0 atom stereocenters. The molecule has 0 saturated carbocycles. The van der Waals surface area contributed by atoms with Crippen molar-refractivity contribution in [3.63, 3.8) is 0 Å². The third-order valence-corrected chi connectivity index (χ3v) is 5.12. The van der Waals surface area contributed by atoms with E-state index in [2.05, 4.69) is 10.1 Å². The van der Waals surface area contributed by atoms with Crippen LogP contribution in [0.25, 0.3) is 0 Å². The zero-order chi connectivity index (χ0) is 20.4. The summed E-state index contributed by atoms with van der Waals surface area (Å²) >= 11 is 18.4. The van der Waals surface area contributed by atoms with Gasteiger partial charge < -0.3 is 9.64 Å². The van der Waals surface area contributed by atoms with Crippen molar-refractivity contribution in [2.45, 2.75) is 13.5 Å². The van der Waals surface area contributed by atoms with Gasteiger partial charge in [-0.2, -0.15) is 5.10 Å². The molecule has 3 rings (SSSR count). The minimum absolute atomic E-state index is 0.151. The Morgan fingerprint density at radius 3 is 2.64 bits per heavy atom. The molecule has 2 heterocycles. The number of amides is 1. The summed E-state index contributed by atoms with van der Waals surface area (Å²) in [5.74, 6) is 0.234. The molecule has 146 valence electrons. The van der Waals surface area contributed by atoms with Crippen LogP contribution in [0.1, 0.15) is 21.6 Å². The molecule has 0 saturated heterocycles. The van der Waals surface area contributed by atoms with Crippen molar-refractivity contribution in [3.8, 4) is 11.6 Å². The number of halogens is 3. The van der Waals surface area contributed by atoms with Crippen molar-refractivity contribution in [1.29, 1.82) is 0 Å². The summed E-state index contributed by atoms with van der Waals surface area (Å²) in [5, 5.41) is 5.57. The van der Waals surface area contributed by atoms with E-state index in [1.54, 1.807) is 49.1 Å². The third kappa shape index (κ3) is 4.24. The number of ether oxygens (including phenoxy) is 1. The van der Waals surface area contributed by atoms with Crippen molar-refractivity contribution < 1.29 is 9.53 Å². The Morgan fingerprint density at radius 2 is 2.00 bits per heavy atom. The van der Waals surface area contributed by atoms with Gasteiger partial charge in [-0.3, -0.25) is 9.48 Å². The second-order valence-corrected chi connectivity index (χ2v) is 7.37. The van der Waals surface area contributed by atoms with E-state index in [9.17, 15) is 4.79 Å². The number of hydrogen-bond donors (Lipinski definition) is 0. The van der Waals surface area contributed by atoms with Crippen molar-refractivity contribution >= 4 is 40.7 Å². The van der Waals surface area contributed by atoms with Gasteiger partial charge in [-0.1, -0.05) is 34.8 Å². The van der Waals surface area contributed by atoms with Gasteiger partial charge in [0.25, 0.3) is 5.91 Å². The van der Waals surface area contributed by atoms with Gasteiger partial charge in [0.1, 0.15) is 16.5 Å². The lowest BCUT2D eigenvalue weighted by atomic mass is 10.2. The van der Waals surface area contributed by atoms with E-state index in [0.717, 1.165) is 11.3 Å². The molecule has 9 heteroatoms. The summed E-state index contributed by atoms with van der Waals surface area (Å²) in [4.78, 5) is 18.7. The highest BCUT2D eigenvalue weighted by Crippen LogP contribution is 2.32. The molecular weight excluding hydrogens is 423 g/mol. The van der Waals surface area contributed by atoms with Gasteiger partial charge in [0.15, 0.2) is 0 Å². The molecule has 0 unspecified atom stereocenters. The van der Waals surface area contributed by atoms with E-state index < -0.39 is 0 Å². The van der Waals surface area contributed by atoms with Crippen LogP contribution in [-0.2, 0) is 13.6 Å². The van der Waals surface area contributed by atoms with E-state index in [1.807, 2.05) is 6.92 Å². The molecule has 0 radical (unpaired) electrons. The first-order valence-corrected chi connectivity index (χ1v) is 9.42. The molecule has 0 aliphatic heterocycles. The minimum atomic E-state index is -0.271. The average molecular weight is 440 g/mol. The van der Waals surface area contributed by atoms with Crippen LogP contribution in [0.15, 0.2) is 36.5 Å². The number of carbonyl (C=O) groups is 1. The Balaban J connectivity index is 1.86. The molecule has 28 heavy (non-hydrogen) atoms. The maximum atomic E-state index is 13.0. The summed E-state index contributed by atoms with van der Waals surface area (Å²) in [5.41, 5.74) is 1.85.